The summed E-state index contributed by atoms with van der Waals surface area (Å²) in [7, 11) is 0. The van der Waals surface area contributed by atoms with E-state index in [0.717, 1.165) is 61.5 Å². The first-order chi connectivity index (χ1) is 29.8. The molecular formula is C56H44N4. The molecule has 4 heteroatoms. The van der Waals surface area contributed by atoms with Crippen molar-refractivity contribution < 1.29 is 0 Å². The lowest BCUT2D eigenvalue weighted by atomic mass is 9.83. The van der Waals surface area contributed by atoms with E-state index < -0.39 is 0 Å². The molecule has 10 rings (SSSR count). The molecule has 8 aromatic carbocycles. The van der Waals surface area contributed by atoms with E-state index in [0.29, 0.717) is 0 Å². The Morgan fingerprint density at radius 1 is 0.267 bits per heavy atom. The molecule has 9 aromatic rings. The Morgan fingerprint density at radius 3 is 1.10 bits per heavy atom. The molecule has 0 radical (unpaired) electrons. The lowest BCUT2D eigenvalue weighted by molar-refractivity contribution is 0.203. The molecule has 60 heavy (non-hydrogen) atoms. The molecule has 0 amide bonds. The van der Waals surface area contributed by atoms with E-state index in [2.05, 4.69) is 246 Å². The Morgan fingerprint density at radius 2 is 0.617 bits per heavy atom. The van der Waals surface area contributed by atoms with Gasteiger partial charge < -0.3 is 0 Å². The monoisotopic (exact) mass is 772 g/mol. The minimum absolute atomic E-state index is 0.0950. The Bertz CT molecular complexity index is 2710. The highest BCUT2D eigenvalue weighted by Gasteiger charge is 2.31. The van der Waals surface area contributed by atoms with Crippen LogP contribution in [0.5, 0.6) is 0 Å². The summed E-state index contributed by atoms with van der Waals surface area (Å²) in [4.78, 5) is 5.62. The van der Waals surface area contributed by atoms with Gasteiger partial charge >= 0.3 is 0 Å². The van der Waals surface area contributed by atoms with Gasteiger partial charge in [0.05, 0.1) is 29.9 Å². The molecule has 3 unspecified atom stereocenters. The zero-order valence-corrected chi connectivity index (χ0v) is 33.1. The van der Waals surface area contributed by atoms with Gasteiger partial charge in [0.1, 0.15) is 0 Å². The fraction of sp³-hybridized carbons (Fsp3) is 0.0536. The van der Waals surface area contributed by atoms with Crippen molar-refractivity contribution in [1.29, 1.82) is 0 Å². The van der Waals surface area contributed by atoms with Crippen LogP contribution >= 0.6 is 0 Å². The second kappa shape index (κ2) is 16.9. The van der Waals surface area contributed by atoms with Gasteiger partial charge in [-0.25, -0.2) is 4.98 Å². The van der Waals surface area contributed by atoms with Gasteiger partial charge in [0, 0.05) is 27.8 Å². The van der Waals surface area contributed by atoms with Gasteiger partial charge in [-0.2, -0.15) is 0 Å². The van der Waals surface area contributed by atoms with E-state index >= 15 is 0 Å². The molecule has 2 heterocycles. The molecule has 1 aromatic heterocycles. The SMILES string of the molecule is c1ccc(-c2ccccc2C2NC(c3ccccc3)NC(c3ccc(-c4c(-c5ccccc5)c(-c5ccccc5)nc(-c5ccccc5)c4-c4ccccc4)cc3)N2)cc1. The van der Waals surface area contributed by atoms with Crippen LogP contribution < -0.4 is 16.0 Å². The van der Waals surface area contributed by atoms with Crippen LogP contribution in [0, 0.1) is 0 Å². The maximum Gasteiger partial charge on any atom is 0.0870 e. The quantitative estimate of drug-likeness (QED) is 0.137. The summed E-state index contributed by atoms with van der Waals surface area (Å²) in [5, 5.41) is 11.8. The van der Waals surface area contributed by atoms with Crippen LogP contribution in [-0.4, -0.2) is 4.98 Å². The average molecular weight is 773 g/mol. The van der Waals surface area contributed by atoms with Crippen LogP contribution in [0.25, 0.3) is 67.0 Å². The topological polar surface area (TPSA) is 49.0 Å². The first-order valence-electron chi connectivity index (χ1n) is 20.7. The molecule has 1 saturated heterocycles. The van der Waals surface area contributed by atoms with Crippen molar-refractivity contribution >= 4 is 0 Å². The fourth-order valence-corrected chi connectivity index (χ4v) is 8.58. The second-order valence-electron chi connectivity index (χ2n) is 15.2. The summed E-state index contributed by atoms with van der Waals surface area (Å²) in [6.07, 6.45) is -0.380. The third-order valence-electron chi connectivity index (χ3n) is 11.4. The van der Waals surface area contributed by atoms with Crippen LogP contribution in [0.15, 0.2) is 231 Å². The Labute approximate surface area is 352 Å². The van der Waals surface area contributed by atoms with Crippen LogP contribution in [0.2, 0.25) is 0 Å². The van der Waals surface area contributed by atoms with E-state index in [1.807, 2.05) is 0 Å². The maximum atomic E-state index is 5.62. The first-order valence-corrected chi connectivity index (χ1v) is 20.7. The highest BCUT2D eigenvalue weighted by molar-refractivity contribution is 6.04. The van der Waals surface area contributed by atoms with Crippen LogP contribution in [-0.2, 0) is 0 Å². The fourth-order valence-electron chi connectivity index (χ4n) is 8.58. The van der Waals surface area contributed by atoms with Crippen molar-refractivity contribution in [3.05, 3.63) is 247 Å². The molecule has 1 fully saturated rings. The number of nitrogens with zero attached hydrogens (tertiary/aromatic N) is 1. The van der Waals surface area contributed by atoms with Gasteiger partial charge in [0.2, 0.25) is 0 Å². The maximum absolute atomic E-state index is 5.62. The molecule has 1 aliphatic heterocycles. The summed E-state index contributed by atoms with van der Waals surface area (Å²) in [6.45, 7) is 0. The Hall–Kier alpha value is -7.21. The van der Waals surface area contributed by atoms with Crippen molar-refractivity contribution in [2.75, 3.05) is 0 Å². The van der Waals surface area contributed by atoms with Gasteiger partial charge in [-0.1, -0.05) is 231 Å². The predicted molar refractivity (Wildman–Crippen MR) is 247 cm³/mol. The normalized spacial score (nSPS) is 16.3. The van der Waals surface area contributed by atoms with Crippen LogP contribution in [0.3, 0.4) is 0 Å². The average Bonchev–Trinajstić information content (AvgIpc) is 3.35. The summed E-state index contributed by atoms with van der Waals surface area (Å²) >= 11 is 0. The van der Waals surface area contributed by atoms with Crippen molar-refractivity contribution in [2.45, 2.75) is 18.5 Å². The van der Waals surface area contributed by atoms with E-state index in [1.165, 1.54) is 22.3 Å². The number of nitrogens with one attached hydrogen (secondary N) is 3. The van der Waals surface area contributed by atoms with Crippen molar-refractivity contribution in [2.24, 2.45) is 0 Å². The molecule has 0 aliphatic carbocycles. The molecule has 3 N–H and O–H groups in total. The number of benzene rings is 8. The third kappa shape index (κ3) is 7.47. The van der Waals surface area contributed by atoms with Crippen molar-refractivity contribution in [3.8, 4) is 67.0 Å². The zero-order chi connectivity index (χ0) is 40.1. The van der Waals surface area contributed by atoms with E-state index in [-0.39, 0.29) is 18.5 Å². The van der Waals surface area contributed by atoms with Crippen molar-refractivity contribution in [3.63, 3.8) is 0 Å². The number of hydrogen-bond donors (Lipinski definition) is 3. The standard InChI is InChI=1S/C56H44N4/c1-7-21-39(22-8-1)47-33-19-20-34-48(47)56-59-54(45-31-17-6-18-32-45)58-55(60-56)46-37-35-42(36-38-46)49-50(40-23-9-2-10-24-40)52(43-27-13-4-14-28-43)57-53(44-29-15-5-16-30-44)51(49)41-25-11-3-12-26-41/h1-38,54-56,58-60H. The Balaban J connectivity index is 1.15. The smallest absolute Gasteiger partial charge is 0.0870 e. The predicted octanol–water partition coefficient (Wildman–Crippen LogP) is 13.3. The van der Waals surface area contributed by atoms with Crippen LogP contribution in [0.1, 0.15) is 35.2 Å². The van der Waals surface area contributed by atoms with E-state index in [9.17, 15) is 0 Å². The highest BCUT2D eigenvalue weighted by Crippen LogP contribution is 2.48. The summed E-state index contributed by atoms with van der Waals surface area (Å²) < 4.78 is 0. The Kier molecular flexibility index (Phi) is 10.5. The molecule has 4 nitrogen and oxygen atoms in total. The van der Waals surface area contributed by atoms with Crippen LogP contribution in [0.4, 0.5) is 0 Å². The number of aromatic nitrogens is 1. The molecule has 0 saturated carbocycles. The molecular weight excluding hydrogens is 729 g/mol. The highest BCUT2D eigenvalue weighted by atomic mass is 15.4. The molecule has 3 atom stereocenters. The molecule has 0 spiro atoms. The third-order valence-corrected chi connectivity index (χ3v) is 11.4. The number of rotatable bonds is 9. The van der Waals surface area contributed by atoms with Gasteiger partial charge in [-0.3, -0.25) is 16.0 Å². The largest absolute Gasteiger partial charge is 0.279 e. The summed E-state index contributed by atoms with van der Waals surface area (Å²) in [5.41, 5.74) is 16.7. The number of hydrogen-bond acceptors (Lipinski definition) is 4. The molecule has 1 aliphatic rings. The minimum Gasteiger partial charge on any atom is -0.279 e. The summed E-state index contributed by atoms with van der Waals surface area (Å²) in [5.74, 6) is 0. The minimum atomic E-state index is -0.154. The van der Waals surface area contributed by atoms with Gasteiger partial charge in [0.15, 0.2) is 0 Å². The zero-order valence-electron chi connectivity index (χ0n) is 33.1. The molecule has 0 bridgehead atoms. The number of pyridine rings is 1. The van der Waals surface area contributed by atoms with Gasteiger partial charge in [-0.15, -0.1) is 0 Å². The first kappa shape index (κ1) is 37.1. The molecule has 288 valence electrons. The lowest BCUT2D eigenvalue weighted by Crippen LogP contribution is -2.54. The van der Waals surface area contributed by atoms with E-state index in [4.69, 9.17) is 4.98 Å². The van der Waals surface area contributed by atoms with Crippen molar-refractivity contribution in [1.82, 2.24) is 20.9 Å². The van der Waals surface area contributed by atoms with Gasteiger partial charge in [-0.05, 0) is 44.5 Å². The van der Waals surface area contributed by atoms with E-state index in [1.54, 1.807) is 0 Å². The lowest BCUT2D eigenvalue weighted by Gasteiger charge is -2.40. The summed E-state index contributed by atoms with van der Waals surface area (Å²) in [6, 6.07) is 81.8. The second-order valence-corrected chi connectivity index (χ2v) is 15.2. The van der Waals surface area contributed by atoms with Gasteiger partial charge in [0.25, 0.3) is 0 Å².